The second kappa shape index (κ2) is 12.1. The van der Waals surface area contributed by atoms with Crippen LogP contribution >= 0.6 is 0 Å². The van der Waals surface area contributed by atoms with Crippen molar-refractivity contribution >= 4 is 11.8 Å². The van der Waals surface area contributed by atoms with Gasteiger partial charge in [-0.2, -0.15) is 0 Å². The van der Waals surface area contributed by atoms with Crippen LogP contribution < -0.4 is 5.32 Å². The maximum Gasteiger partial charge on any atom is 0.223 e. The standard InChI is InChI=1S/C25H40N2O3/c1-5-18(2)11-9-15-23(28)27-16-10-14-22(27)17-19(3)25(30)26-20(4)24(29)21-12-7-6-8-13-21/h6-8,12-13,18-20,22,24,29H,5,9-11,14-17H2,1-4H3,(H,26,30)/t18-,19-,20-,22+,24-/m0/s1. The molecule has 1 aromatic rings. The van der Waals surface area contributed by atoms with Gasteiger partial charge in [0.05, 0.1) is 12.1 Å². The summed E-state index contributed by atoms with van der Waals surface area (Å²) in [6.45, 7) is 8.98. The van der Waals surface area contributed by atoms with E-state index >= 15 is 0 Å². The van der Waals surface area contributed by atoms with E-state index in [1.54, 1.807) is 0 Å². The normalized spacial score (nSPS) is 20.4. The maximum atomic E-state index is 12.7. The molecule has 0 aliphatic carbocycles. The third-order valence-electron chi connectivity index (χ3n) is 6.54. The van der Waals surface area contributed by atoms with Gasteiger partial charge in [0, 0.05) is 24.9 Å². The zero-order valence-corrected chi connectivity index (χ0v) is 19.1. The van der Waals surface area contributed by atoms with Crippen LogP contribution in [0.1, 0.15) is 84.3 Å². The van der Waals surface area contributed by atoms with E-state index in [-0.39, 0.29) is 29.8 Å². The Hall–Kier alpha value is -1.88. The van der Waals surface area contributed by atoms with Crippen molar-refractivity contribution in [3.63, 3.8) is 0 Å². The SMILES string of the molecule is CC[C@H](C)CCCC(=O)N1CCC[C@@H]1C[C@H](C)C(=O)N[C@@H](C)[C@H](O)c1ccccc1. The van der Waals surface area contributed by atoms with Crippen molar-refractivity contribution in [2.24, 2.45) is 11.8 Å². The molecule has 1 fully saturated rings. The van der Waals surface area contributed by atoms with Crippen LogP contribution in [0.2, 0.25) is 0 Å². The van der Waals surface area contributed by atoms with E-state index in [4.69, 9.17) is 0 Å². The number of benzene rings is 1. The lowest BCUT2D eigenvalue weighted by atomic mass is 9.97. The average molecular weight is 417 g/mol. The summed E-state index contributed by atoms with van der Waals surface area (Å²) in [6, 6.07) is 9.16. The third-order valence-corrected chi connectivity index (χ3v) is 6.54. The molecule has 168 valence electrons. The zero-order chi connectivity index (χ0) is 22.1. The predicted molar refractivity (Wildman–Crippen MR) is 121 cm³/mol. The molecule has 5 heteroatoms. The van der Waals surface area contributed by atoms with E-state index in [2.05, 4.69) is 19.2 Å². The topological polar surface area (TPSA) is 69.6 Å². The first-order valence-electron chi connectivity index (χ1n) is 11.7. The van der Waals surface area contributed by atoms with Gasteiger partial charge >= 0.3 is 0 Å². The van der Waals surface area contributed by atoms with Gasteiger partial charge in [0.1, 0.15) is 0 Å². The summed E-state index contributed by atoms with van der Waals surface area (Å²) >= 11 is 0. The fourth-order valence-corrected chi connectivity index (χ4v) is 4.26. The lowest BCUT2D eigenvalue weighted by molar-refractivity contribution is -0.134. The number of aliphatic hydroxyl groups excluding tert-OH is 1. The molecule has 1 heterocycles. The fourth-order valence-electron chi connectivity index (χ4n) is 4.26. The van der Waals surface area contributed by atoms with Crippen LogP contribution in [-0.2, 0) is 9.59 Å². The van der Waals surface area contributed by atoms with Crippen molar-refractivity contribution in [1.29, 1.82) is 0 Å². The molecule has 0 bridgehead atoms. The summed E-state index contributed by atoms with van der Waals surface area (Å²) in [7, 11) is 0. The minimum absolute atomic E-state index is 0.0615. The molecule has 0 aromatic heterocycles. The van der Waals surface area contributed by atoms with Crippen LogP contribution in [0.3, 0.4) is 0 Å². The zero-order valence-electron chi connectivity index (χ0n) is 19.1. The molecule has 0 radical (unpaired) electrons. The van der Waals surface area contributed by atoms with Crippen LogP contribution in [0, 0.1) is 11.8 Å². The summed E-state index contributed by atoms with van der Waals surface area (Å²) < 4.78 is 0. The molecule has 1 aliphatic rings. The van der Waals surface area contributed by atoms with E-state index in [1.165, 1.54) is 0 Å². The van der Waals surface area contributed by atoms with Crippen molar-refractivity contribution < 1.29 is 14.7 Å². The van der Waals surface area contributed by atoms with E-state index in [1.807, 2.05) is 49.1 Å². The Morgan fingerprint density at radius 1 is 1.20 bits per heavy atom. The minimum Gasteiger partial charge on any atom is -0.386 e. The number of aliphatic hydroxyl groups is 1. The molecule has 1 aliphatic heterocycles. The second-order valence-corrected chi connectivity index (χ2v) is 9.08. The van der Waals surface area contributed by atoms with Crippen molar-refractivity contribution in [2.45, 2.75) is 90.8 Å². The van der Waals surface area contributed by atoms with Crippen molar-refractivity contribution in [3.05, 3.63) is 35.9 Å². The highest BCUT2D eigenvalue weighted by Crippen LogP contribution is 2.26. The Morgan fingerprint density at radius 3 is 2.57 bits per heavy atom. The molecule has 0 spiro atoms. The molecular formula is C25H40N2O3. The highest BCUT2D eigenvalue weighted by atomic mass is 16.3. The largest absolute Gasteiger partial charge is 0.386 e. The lowest BCUT2D eigenvalue weighted by Crippen LogP contribution is -2.42. The van der Waals surface area contributed by atoms with E-state index < -0.39 is 6.10 Å². The summed E-state index contributed by atoms with van der Waals surface area (Å²) in [5.74, 6) is 0.646. The lowest BCUT2D eigenvalue weighted by Gasteiger charge is -2.28. The smallest absolute Gasteiger partial charge is 0.223 e. The number of nitrogens with one attached hydrogen (secondary N) is 1. The molecule has 2 N–H and O–H groups in total. The van der Waals surface area contributed by atoms with E-state index in [9.17, 15) is 14.7 Å². The molecule has 0 unspecified atom stereocenters. The molecule has 2 amide bonds. The molecule has 30 heavy (non-hydrogen) atoms. The number of likely N-dealkylation sites (tertiary alicyclic amines) is 1. The molecular weight excluding hydrogens is 376 g/mol. The monoisotopic (exact) mass is 416 g/mol. The van der Waals surface area contributed by atoms with Gasteiger partial charge in [0.25, 0.3) is 0 Å². The van der Waals surface area contributed by atoms with Crippen LogP contribution in [0.15, 0.2) is 30.3 Å². The average Bonchev–Trinajstić information content (AvgIpc) is 3.21. The van der Waals surface area contributed by atoms with Gasteiger partial charge in [-0.3, -0.25) is 9.59 Å². The summed E-state index contributed by atoms with van der Waals surface area (Å²) in [4.78, 5) is 27.4. The van der Waals surface area contributed by atoms with Crippen LogP contribution in [-0.4, -0.2) is 40.4 Å². The summed E-state index contributed by atoms with van der Waals surface area (Å²) in [6.07, 6.45) is 5.74. The number of hydrogen-bond acceptors (Lipinski definition) is 3. The number of nitrogens with zero attached hydrogens (tertiary/aromatic N) is 1. The molecule has 1 aromatic carbocycles. The maximum absolute atomic E-state index is 12.7. The Morgan fingerprint density at radius 2 is 1.90 bits per heavy atom. The quantitative estimate of drug-likeness (QED) is 0.560. The summed E-state index contributed by atoms with van der Waals surface area (Å²) in [5.41, 5.74) is 0.794. The first-order valence-corrected chi connectivity index (χ1v) is 11.7. The van der Waals surface area contributed by atoms with Crippen molar-refractivity contribution in [3.8, 4) is 0 Å². The highest BCUT2D eigenvalue weighted by molar-refractivity contribution is 5.79. The third kappa shape index (κ3) is 7.12. The molecule has 0 saturated carbocycles. The molecule has 5 nitrogen and oxygen atoms in total. The van der Waals surface area contributed by atoms with Gasteiger partial charge in [0.15, 0.2) is 0 Å². The Kier molecular flexibility index (Phi) is 9.83. The number of amides is 2. The van der Waals surface area contributed by atoms with Crippen LogP contribution in [0.25, 0.3) is 0 Å². The Labute approximate surface area is 182 Å². The second-order valence-electron chi connectivity index (χ2n) is 9.08. The van der Waals surface area contributed by atoms with Gasteiger partial charge < -0.3 is 15.3 Å². The number of rotatable bonds is 11. The first kappa shape index (κ1) is 24.4. The number of hydrogen-bond donors (Lipinski definition) is 2. The summed E-state index contributed by atoms with van der Waals surface area (Å²) in [5, 5.41) is 13.4. The van der Waals surface area contributed by atoms with Gasteiger partial charge in [0.2, 0.25) is 11.8 Å². The Bertz CT molecular complexity index is 664. The van der Waals surface area contributed by atoms with Crippen molar-refractivity contribution in [1.82, 2.24) is 10.2 Å². The number of carbonyl (C=O) groups is 2. The highest BCUT2D eigenvalue weighted by Gasteiger charge is 2.31. The van der Waals surface area contributed by atoms with Crippen molar-refractivity contribution in [2.75, 3.05) is 6.54 Å². The first-order chi connectivity index (χ1) is 14.3. The molecule has 1 saturated heterocycles. The van der Waals surface area contributed by atoms with Gasteiger partial charge in [-0.25, -0.2) is 0 Å². The van der Waals surface area contributed by atoms with Crippen LogP contribution in [0.4, 0.5) is 0 Å². The van der Waals surface area contributed by atoms with Gasteiger partial charge in [-0.1, -0.05) is 63.9 Å². The molecule has 2 rings (SSSR count). The molecule has 5 atom stereocenters. The van der Waals surface area contributed by atoms with E-state index in [0.717, 1.165) is 44.2 Å². The fraction of sp³-hybridized carbons (Fsp3) is 0.680. The van der Waals surface area contributed by atoms with Gasteiger partial charge in [-0.05, 0) is 44.1 Å². The predicted octanol–water partition coefficient (Wildman–Crippen LogP) is 4.46. The number of carbonyl (C=O) groups excluding carboxylic acids is 2. The Balaban J connectivity index is 1.82. The van der Waals surface area contributed by atoms with Gasteiger partial charge in [-0.15, -0.1) is 0 Å². The van der Waals surface area contributed by atoms with Crippen LogP contribution in [0.5, 0.6) is 0 Å². The minimum atomic E-state index is -0.739. The van der Waals surface area contributed by atoms with E-state index in [0.29, 0.717) is 18.8 Å².